The minimum absolute atomic E-state index is 0.0976. The Kier molecular flexibility index (Phi) is 6.75. The van der Waals surface area contributed by atoms with Gasteiger partial charge < -0.3 is 9.47 Å². The largest absolute Gasteiger partial charge is 0.497 e. The lowest BCUT2D eigenvalue weighted by Gasteiger charge is -2.11. The Labute approximate surface area is 178 Å². The van der Waals surface area contributed by atoms with E-state index in [1.165, 1.54) is 13.3 Å². The van der Waals surface area contributed by atoms with Crippen molar-refractivity contribution >= 4 is 39.4 Å². The van der Waals surface area contributed by atoms with E-state index in [0.717, 1.165) is 5.56 Å². The van der Waals surface area contributed by atoms with Gasteiger partial charge in [-0.05, 0) is 17.7 Å². The van der Waals surface area contributed by atoms with E-state index in [1.54, 1.807) is 30.3 Å². The SMILES string of the molecule is COc1ccc(Cl)c(Oc2cnc(NS(=O)(=O)NCc3ccccc3)nc2Cl)c1. The third kappa shape index (κ3) is 5.94. The molecule has 1 heterocycles. The number of anilines is 1. The van der Waals surface area contributed by atoms with Gasteiger partial charge in [-0.2, -0.15) is 18.1 Å². The van der Waals surface area contributed by atoms with Crippen LogP contribution in [0, 0.1) is 0 Å². The van der Waals surface area contributed by atoms with E-state index in [0.29, 0.717) is 10.8 Å². The molecule has 0 aliphatic rings. The van der Waals surface area contributed by atoms with Crippen molar-refractivity contribution in [3.63, 3.8) is 0 Å². The number of ether oxygens (including phenoxy) is 2. The van der Waals surface area contributed by atoms with Crippen LogP contribution in [-0.4, -0.2) is 25.5 Å². The second kappa shape index (κ2) is 9.27. The third-order valence-corrected chi connectivity index (χ3v) is 5.16. The van der Waals surface area contributed by atoms with Crippen LogP contribution in [-0.2, 0) is 16.8 Å². The highest BCUT2D eigenvalue weighted by molar-refractivity contribution is 7.90. The Morgan fingerprint density at radius 3 is 2.52 bits per heavy atom. The zero-order valence-electron chi connectivity index (χ0n) is 15.1. The van der Waals surface area contributed by atoms with Gasteiger partial charge in [0.25, 0.3) is 0 Å². The standard InChI is InChI=1S/C18H16Cl2N4O4S/c1-27-13-7-8-14(19)15(9-13)28-16-11-21-18(23-17(16)20)24-29(25,26)22-10-12-5-3-2-4-6-12/h2-9,11,22H,10H2,1H3,(H,21,23,24). The fourth-order valence-corrected chi connectivity index (χ4v) is 3.30. The molecule has 3 rings (SSSR count). The third-order valence-electron chi connectivity index (χ3n) is 3.60. The van der Waals surface area contributed by atoms with E-state index in [9.17, 15) is 8.42 Å². The van der Waals surface area contributed by atoms with Gasteiger partial charge in [0.2, 0.25) is 5.95 Å². The van der Waals surface area contributed by atoms with Crippen LogP contribution < -0.4 is 18.9 Å². The first kappa shape index (κ1) is 21.1. The fraction of sp³-hybridized carbons (Fsp3) is 0.111. The molecule has 0 aliphatic heterocycles. The van der Waals surface area contributed by atoms with Crippen LogP contribution in [0.1, 0.15) is 5.56 Å². The van der Waals surface area contributed by atoms with E-state index in [2.05, 4.69) is 19.4 Å². The number of rotatable bonds is 8. The summed E-state index contributed by atoms with van der Waals surface area (Å²) in [6, 6.07) is 13.9. The summed E-state index contributed by atoms with van der Waals surface area (Å²) in [7, 11) is -2.39. The van der Waals surface area contributed by atoms with Crippen molar-refractivity contribution in [2.75, 3.05) is 11.8 Å². The van der Waals surface area contributed by atoms with Gasteiger partial charge in [0.15, 0.2) is 10.9 Å². The number of nitrogens with one attached hydrogen (secondary N) is 2. The van der Waals surface area contributed by atoms with E-state index in [4.69, 9.17) is 32.7 Å². The Hall–Kier alpha value is -2.59. The molecule has 2 N–H and O–H groups in total. The van der Waals surface area contributed by atoms with Gasteiger partial charge in [-0.25, -0.2) is 9.71 Å². The number of halogens is 2. The topological polar surface area (TPSA) is 102 Å². The molecule has 0 spiro atoms. The number of hydrogen-bond acceptors (Lipinski definition) is 6. The van der Waals surface area contributed by atoms with Crippen LogP contribution in [0.2, 0.25) is 10.2 Å². The number of benzene rings is 2. The zero-order chi connectivity index (χ0) is 20.9. The summed E-state index contributed by atoms with van der Waals surface area (Å²) in [5.74, 6) is 0.714. The summed E-state index contributed by atoms with van der Waals surface area (Å²) in [6.45, 7) is 0.111. The summed E-state index contributed by atoms with van der Waals surface area (Å²) >= 11 is 12.2. The average molecular weight is 455 g/mol. The molecule has 0 unspecified atom stereocenters. The molecule has 0 fully saturated rings. The van der Waals surface area contributed by atoms with Crippen molar-refractivity contribution < 1.29 is 17.9 Å². The molecule has 11 heteroatoms. The molecule has 8 nitrogen and oxygen atoms in total. The molecular formula is C18H16Cl2N4O4S. The van der Waals surface area contributed by atoms with Crippen molar-refractivity contribution in [1.82, 2.24) is 14.7 Å². The van der Waals surface area contributed by atoms with Gasteiger partial charge in [0.1, 0.15) is 11.5 Å². The average Bonchev–Trinajstić information content (AvgIpc) is 2.70. The molecule has 3 aromatic rings. The van der Waals surface area contributed by atoms with Crippen LogP contribution in [0.3, 0.4) is 0 Å². The van der Waals surface area contributed by atoms with Gasteiger partial charge in [0, 0.05) is 12.6 Å². The molecule has 0 radical (unpaired) electrons. The molecule has 29 heavy (non-hydrogen) atoms. The van der Waals surface area contributed by atoms with Gasteiger partial charge in [-0.15, -0.1) is 0 Å². The number of aromatic nitrogens is 2. The minimum atomic E-state index is -3.90. The summed E-state index contributed by atoms with van der Waals surface area (Å²) in [6.07, 6.45) is 1.24. The van der Waals surface area contributed by atoms with Crippen LogP contribution >= 0.6 is 23.2 Å². The molecule has 2 aromatic carbocycles. The molecule has 0 amide bonds. The predicted molar refractivity (Wildman–Crippen MR) is 111 cm³/mol. The smallest absolute Gasteiger partial charge is 0.301 e. The molecule has 1 aromatic heterocycles. The Morgan fingerprint density at radius 2 is 1.83 bits per heavy atom. The van der Waals surface area contributed by atoms with E-state index >= 15 is 0 Å². The molecule has 0 atom stereocenters. The molecule has 152 valence electrons. The van der Waals surface area contributed by atoms with Crippen molar-refractivity contribution in [3.05, 3.63) is 70.5 Å². The maximum Gasteiger partial charge on any atom is 0.301 e. The van der Waals surface area contributed by atoms with E-state index in [-0.39, 0.29) is 29.1 Å². The van der Waals surface area contributed by atoms with Gasteiger partial charge >= 0.3 is 10.2 Å². The molecular weight excluding hydrogens is 439 g/mol. The lowest BCUT2D eigenvalue weighted by atomic mass is 10.2. The molecule has 0 saturated carbocycles. The molecule has 0 saturated heterocycles. The quantitative estimate of drug-likeness (QED) is 0.498. The van der Waals surface area contributed by atoms with Crippen LogP contribution in [0.25, 0.3) is 0 Å². The maximum absolute atomic E-state index is 12.2. The predicted octanol–water partition coefficient (Wildman–Crippen LogP) is 4.03. The van der Waals surface area contributed by atoms with Crippen molar-refractivity contribution in [1.29, 1.82) is 0 Å². The zero-order valence-corrected chi connectivity index (χ0v) is 17.4. The van der Waals surface area contributed by atoms with Gasteiger partial charge in [-0.1, -0.05) is 53.5 Å². The highest BCUT2D eigenvalue weighted by atomic mass is 35.5. The highest BCUT2D eigenvalue weighted by Crippen LogP contribution is 2.35. The lowest BCUT2D eigenvalue weighted by molar-refractivity contribution is 0.409. The van der Waals surface area contributed by atoms with E-state index in [1.807, 2.05) is 18.2 Å². The second-order valence-electron chi connectivity index (χ2n) is 5.66. The minimum Gasteiger partial charge on any atom is -0.497 e. The summed E-state index contributed by atoms with van der Waals surface area (Å²) in [5.41, 5.74) is 0.802. The summed E-state index contributed by atoms with van der Waals surface area (Å²) in [4.78, 5) is 7.83. The second-order valence-corrected chi connectivity index (χ2v) is 7.92. The Morgan fingerprint density at radius 1 is 1.07 bits per heavy atom. The van der Waals surface area contributed by atoms with E-state index < -0.39 is 10.2 Å². The number of hydrogen-bond donors (Lipinski definition) is 2. The van der Waals surface area contributed by atoms with Crippen molar-refractivity contribution in [2.45, 2.75) is 6.54 Å². The Bertz CT molecular complexity index is 1100. The highest BCUT2D eigenvalue weighted by Gasteiger charge is 2.15. The molecule has 0 aliphatic carbocycles. The first-order valence-corrected chi connectivity index (χ1v) is 10.5. The van der Waals surface area contributed by atoms with Gasteiger partial charge in [-0.3, -0.25) is 0 Å². The number of methoxy groups -OCH3 is 1. The monoisotopic (exact) mass is 454 g/mol. The summed E-state index contributed by atoms with van der Waals surface area (Å²) < 4.78 is 39.7. The normalized spacial score (nSPS) is 11.1. The van der Waals surface area contributed by atoms with Crippen LogP contribution in [0.15, 0.2) is 54.7 Å². The van der Waals surface area contributed by atoms with Crippen molar-refractivity contribution in [3.8, 4) is 17.2 Å². The molecule has 0 bridgehead atoms. The Balaban J connectivity index is 1.69. The van der Waals surface area contributed by atoms with Crippen LogP contribution in [0.5, 0.6) is 17.2 Å². The van der Waals surface area contributed by atoms with Crippen molar-refractivity contribution in [2.24, 2.45) is 0 Å². The maximum atomic E-state index is 12.2. The number of nitrogens with zero attached hydrogens (tertiary/aromatic N) is 2. The first-order chi connectivity index (χ1) is 13.9. The summed E-state index contributed by atoms with van der Waals surface area (Å²) in [5, 5.41) is 0.233. The fourth-order valence-electron chi connectivity index (χ4n) is 2.21. The van der Waals surface area contributed by atoms with Gasteiger partial charge in [0.05, 0.1) is 18.3 Å². The van der Waals surface area contributed by atoms with Crippen LogP contribution in [0.4, 0.5) is 5.95 Å². The first-order valence-electron chi connectivity index (χ1n) is 8.21. The lowest BCUT2D eigenvalue weighted by Crippen LogP contribution is -2.30.